The Kier molecular flexibility index (Phi) is 5.60. The van der Waals surface area contributed by atoms with E-state index in [1.54, 1.807) is 0 Å². The van der Waals surface area contributed by atoms with Gasteiger partial charge in [-0.25, -0.2) is 9.59 Å². The fourth-order valence-corrected chi connectivity index (χ4v) is 2.98. The number of allylic oxidation sites excluding steroid dienone is 1. The van der Waals surface area contributed by atoms with E-state index in [4.69, 9.17) is 4.74 Å². The first kappa shape index (κ1) is 16.5. The number of ether oxygens (including phenoxy) is 1. The van der Waals surface area contributed by atoms with Crippen molar-refractivity contribution in [3.05, 3.63) is 45.6 Å². The van der Waals surface area contributed by atoms with Gasteiger partial charge in [-0.05, 0) is 24.5 Å². The van der Waals surface area contributed by atoms with Crippen LogP contribution in [-0.4, -0.2) is 19.1 Å². The Labute approximate surface area is 138 Å². The molecule has 2 N–H and O–H groups in total. The molecule has 0 fully saturated rings. The number of methoxy groups -OCH3 is 1. The standard InChI is InChI=1S/C16H19BrN2O3/c1-3-4-9-12-13(15(20)22-2)14(19-16(21)18-12)10-7-5-6-8-11(10)17/h5-8,14H,3-4,9H2,1-2H3,(H2,18,19,21). The van der Waals surface area contributed by atoms with Crippen molar-refractivity contribution in [3.8, 4) is 0 Å². The van der Waals surface area contributed by atoms with Gasteiger partial charge in [-0.1, -0.05) is 47.5 Å². The summed E-state index contributed by atoms with van der Waals surface area (Å²) in [7, 11) is 1.35. The topological polar surface area (TPSA) is 67.4 Å². The van der Waals surface area contributed by atoms with Crippen LogP contribution in [0, 0.1) is 0 Å². The number of halogens is 1. The lowest BCUT2D eigenvalue weighted by Crippen LogP contribution is -2.46. The molecule has 1 atom stereocenters. The number of hydrogen-bond donors (Lipinski definition) is 2. The fraction of sp³-hybridized carbons (Fsp3) is 0.375. The van der Waals surface area contributed by atoms with E-state index in [2.05, 4.69) is 33.5 Å². The molecule has 1 heterocycles. The van der Waals surface area contributed by atoms with Crippen LogP contribution in [0.25, 0.3) is 0 Å². The highest BCUT2D eigenvalue weighted by molar-refractivity contribution is 9.10. The third kappa shape index (κ3) is 3.50. The minimum Gasteiger partial charge on any atom is -0.466 e. The molecule has 0 saturated carbocycles. The summed E-state index contributed by atoms with van der Waals surface area (Å²) in [4.78, 5) is 24.2. The van der Waals surface area contributed by atoms with Gasteiger partial charge in [0.15, 0.2) is 0 Å². The smallest absolute Gasteiger partial charge is 0.337 e. The van der Waals surface area contributed by atoms with Gasteiger partial charge in [0.1, 0.15) is 0 Å². The van der Waals surface area contributed by atoms with Gasteiger partial charge < -0.3 is 15.4 Å². The number of esters is 1. The van der Waals surface area contributed by atoms with E-state index in [1.807, 2.05) is 24.3 Å². The number of nitrogens with one attached hydrogen (secondary N) is 2. The van der Waals surface area contributed by atoms with Crippen LogP contribution in [0.15, 0.2) is 40.0 Å². The highest BCUT2D eigenvalue weighted by Gasteiger charge is 2.33. The molecule has 1 aliphatic heterocycles. The van der Waals surface area contributed by atoms with Gasteiger partial charge in [0.2, 0.25) is 0 Å². The van der Waals surface area contributed by atoms with Crippen molar-refractivity contribution in [2.75, 3.05) is 7.11 Å². The van der Waals surface area contributed by atoms with E-state index in [0.717, 1.165) is 22.9 Å². The van der Waals surface area contributed by atoms with Crippen LogP contribution in [0.1, 0.15) is 37.8 Å². The molecule has 1 aromatic rings. The van der Waals surface area contributed by atoms with Crippen molar-refractivity contribution >= 4 is 27.9 Å². The number of unbranched alkanes of at least 4 members (excludes halogenated alkanes) is 1. The zero-order valence-electron chi connectivity index (χ0n) is 12.6. The van der Waals surface area contributed by atoms with Gasteiger partial charge in [-0.15, -0.1) is 0 Å². The average molecular weight is 367 g/mol. The Morgan fingerprint density at radius 2 is 2.09 bits per heavy atom. The van der Waals surface area contributed by atoms with Crippen molar-refractivity contribution < 1.29 is 14.3 Å². The second-order valence-electron chi connectivity index (χ2n) is 5.04. The lowest BCUT2D eigenvalue weighted by Gasteiger charge is -2.29. The number of amides is 2. The van der Waals surface area contributed by atoms with Gasteiger partial charge in [0.25, 0.3) is 0 Å². The van der Waals surface area contributed by atoms with Crippen LogP contribution in [0.4, 0.5) is 4.79 Å². The first-order valence-electron chi connectivity index (χ1n) is 7.21. The van der Waals surface area contributed by atoms with Gasteiger partial charge in [0, 0.05) is 10.2 Å². The molecule has 1 unspecified atom stereocenters. The maximum absolute atomic E-state index is 12.3. The molecule has 2 amide bonds. The largest absolute Gasteiger partial charge is 0.466 e. The van der Waals surface area contributed by atoms with E-state index in [1.165, 1.54) is 7.11 Å². The van der Waals surface area contributed by atoms with E-state index in [9.17, 15) is 9.59 Å². The predicted molar refractivity (Wildman–Crippen MR) is 87.1 cm³/mol. The molecular formula is C16H19BrN2O3. The van der Waals surface area contributed by atoms with Crippen molar-refractivity contribution in [1.82, 2.24) is 10.6 Å². The molecule has 6 heteroatoms. The minimum atomic E-state index is -0.524. The first-order valence-corrected chi connectivity index (χ1v) is 8.01. The van der Waals surface area contributed by atoms with E-state index in [-0.39, 0.29) is 6.03 Å². The molecular weight excluding hydrogens is 348 g/mol. The third-order valence-corrected chi connectivity index (χ3v) is 4.28. The van der Waals surface area contributed by atoms with E-state index >= 15 is 0 Å². The van der Waals surface area contributed by atoms with Crippen molar-refractivity contribution in [2.24, 2.45) is 0 Å². The maximum atomic E-state index is 12.3. The van der Waals surface area contributed by atoms with Crippen LogP contribution in [0.2, 0.25) is 0 Å². The molecule has 118 valence electrons. The average Bonchev–Trinajstić information content (AvgIpc) is 2.52. The molecule has 0 bridgehead atoms. The molecule has 0 saturated heterocycles. The summed E-state index contributed by atoms with van der Waals surface area (Å²) in [5.41, 5.74) is 1.92. The SMILES string of the molecule is CCCCC1=C(C(=O)OC)C(c2ccccc2Br)NC(=O)N1. The van der Waals surface area contributed by atoms with Crippen LogP contribution in [0.3, 0.4) is 0 Å². The normalized spacial score (nSPS) is 17.8. The zero-order chi connectivity index (χ0) is 16.1. The Balaban J connectivity index is 2.51. The Hall–Kier alpha value is -1.82. The van der Waals surface area contributed by atoms with Crippen LogP contribution in [0.5, 0.6) is 0 Å². The number of benzene rings is 1. The molecule has 0 spiro atoms. The summed E-state index contributed by atoms with van der Waals surface area (Å²) in [5.74, 6) is -0.431. The van der Waals surface area contributed by atoms with Crippen molar-refractivity contribution in [1.29, 1.82) is 0 Å². The van der Waals surface area contributed by atoms with Crippen molar-refractivity contribution in [3.63, 3.8) is 0 Å². The summed E-state index contributed by atoms with van der Waals surface area (Å²) in [6.45, 7) is 2.06. The van der Waals surface area contributed by atoms with Crippen LogP contribution < -0.4 is 10.6 Å². The molecule has 0 radical (unpaired) electrons. The van der Waals surface area contributed by atoms with Gasteiger partial charge >= 0.3 is 12.0 Å². The molecule has 2 rings (SSSR count). The second kappa shape index (κ2) is 7.45. The second-order valence-corrected chi connectivity index (χ2v) is 5.89. The highest BCUT2D eigenvalue weighted by Crippen LogP contribution is 2.33. The number of carbonyl (C=O) groups excluding carboxylic acids is 2. The van der Waals surface area contributed by atoms with Crippen molar-refractivity contribution in [2.45, 2.75) is 32.2 Å². The van der Waals surface area contributed by atoms with Gasteiger partial charge in [0.05, 0.1) is 18.7 Å². The van der Waals surface area contributed by atoms with Gasteiger partial charge in [-0.2, -0.15) is 0 Å². The van der Waals surface area contributed by atoms with Crippen LogP contribution in [-0.2, 0) is 9.53 Å². The summed E-state index contributed by atoms with van der Waals surface area (Å²) >= 11 is 3.48. The molecule has 0 aliphatic carbocycles. The fourth-order valence-electron chi connectivity index (χ4n) is 2.46. The Morgan fingerprint density at radius 3 is 2.73 bits per heavy atom. The summed E-state index contributed by atoms with van der Waals surface area (Å²) < 4.78 is 5.76. The van der Waals surface area contributed by atoms with Crippen LogP contribution >= 0.6 is 15.9 Å². The highest BCUT2D eigenvalue weighted by atomic mass is 79.9. The third-order valence-electron chi connectivity index (χ3n) is 3.56. The molecule has 5 nitrogen and oxygen atoms in total. The minimum absolute atomic E-state index is 0.306. The number of rotatable bonds is 5. The maximum Gasteiger partial charge on any atom is 0.337 e. The predicted octanol–water partition coefficient (Wildman–Crippen LogP) is 3.42. The zero-order valence-corrected chi connectivity index (χ0v) is 14.2. The molecule has 0 aromatic heterocycles. The first-order chi connectivity index (χ1) is 10.6. The van der Waals surface area contributed by atoms with E-state index in [0.29, 0.717) is 17.7 Å². The van der Waals surface area contributed by atoms with Gasteiger partial charge in [-0.3, -0.25) is 0 Å². The number of carbonyl (C=O) groups is 2. The Morgan fingerprint density at radius 1 is 1.36 bits per heavy atom. The molecule has 1 aromatic carbocycles. The number of urea groups is 1. The summed E-state index contributed by atoms with van der Waals surface area (Å²) in [6, 6.07) is 6.68. The monoisotopic (exact) mass is 366 g/mol. The summed E-state index contributed by atoms with van der Waals surface area (Å²) in [5, 5.41) is 5.56. The quantitative estimate of drug-likeness (QED) is 0.784. The molecule has 22 heavy (non-hydrogen) atoms. The van der Waals surface area contributed by atoms with E-state index < -0.39 is 12.0 Å². The molecule has 1 aliphatic rings. The lowest BCUT2D eigenvalue weighted by atomic mass is 9.93. The lowest BCUT2D eigenvalue weighted by molar-refractivity contribution is -0.136. The summed E-state index contributed by atoms with van der Waals surface area (Å²) in [6.07, 6.45) is 2.50. The number of hydrogen-bond acceptors (Lipinski definition) is 3. The Bertz CT molecular complexity index is 613.